The summed E-state index contributed by atoms with van der Waals surface area (Å²) in [7, 11) is 1.33. The third kappa shape index (κ3) is 6.76. The van der Waals surface area contributed by atoms with Crippen LogP contribution in [0.15, 0.2) is 12.2 Å². The molecule has 1 saturated carbocycles. The number of esters is 2. The van der Waals surface area contributed by atoms with Crippen molar-refractivity contribution in [1.29, 1.82) is 0 Å². The van der Waals surface area contributed by atoms with Crippen molar-refractivity contribution >= 4 is 11.9 Å². The monoisotopic (exact) mass is 297 g/mol. The number of rotatable bonds is 7. The fraction of sp³-hybridized carbons (Fsp3) is 0.750. The van der Waals surface area contributed by atoms with Crippen LogP contribution in [0, 0.1) is 5.92 Å². The molecule has 0 radical (unpaired) electrons. The molecule has 0 aromatic rings. The van der Waals surface area contributed by atoms with Gasteiger partial charge >= 0.3 is 11.9 Å². The molecule has 0 spiro atoms. The lowest BCUT2D eigenvalue weighted by Gasteiger charge is -2.26. The highest BCUT2D eigenvalue weighted by molar-refractivity contribution is 5.81. The van der Waals surface area contributed by atoms with Crippen molar-refractivity contribution in [2.45, 2.75) is 58.1 Å². The standard InChI is InChI=1S/C16H27NO4/c1-12(2)15(17-11-7-10-14(18)20-3)16(19)21-13-8-5-4-6-9-13/h7,10,12-13,15,17H,4-6,8-9,11H2,1-3H3/t15-/m0/s1. The molecule has 5 nitrogen and oxygen atoms in total. The Labute approximate surface area is 127 Å². The lowest BCUT2D eigenvalue weighted by Crippen LogP contribution is -2.43. The van der Waals surface area contributed by atoms with Crippen LogP contribution in [-0.4, -0.2) is 37.7 Å². The summed E-state index contributed by atoms with van der Waals surface area (Å²) >= 11 is 0. The molecule has 1 fully saturated rings. The van der Waals surface area contributed by atoms with Gasteiger partial charge in [0.15, 0.2) is 0 Å². The third-order valence-corrected chi connectivity index (χ3v) is 3.67. The van der Waals surface area contributed by atoms with Crippen LogP contribution < -0.4 is 5.32 Å². The van der Waals surface area contributed by atoms with Gasteiger partial charge in [-0.25, -0.2) is 4.79 Å². The highest BCUT2D eigenvalue weighted by Gasteiger charge is 2.26. The zero-order valence-electron chi connectivity index (χ0n) is 13.3. The minimum absolute atomic E-state index is 0.0694. The maximum atomic E-state index is 12.2. The molecule has 5 heteroatoms. The summed E-state index contributed by atoms with van der Waals surface area (Å²) < 4.78 is 10.1. The Morgan fingerprint density at radius 1 is 1.24 bits per heavy atom. The van der Waals surface area contributed by atoms with E-state index in [-0.39, 0.29) is 24.0 Å². The minimum atomic E-state index is -0.400. The lowest BCUT2D eigenvalue weighted by molar-refractivity contribution is -0.154. The third-order valence-electron chi connectivity index (χ3n) is 3.67. The molecule has 0 aliphatic heterocycles. The van der Waals surface area contributed by atoms with Gasteiger partial charge in [0.1, 0.15) is 12.1 Å². The second-order valence-electron chi connectivity index (χ2n) is 5.75. The van der Waals surface area contributed by atoms with Crippen LogP contribution in [0.2, 0.25) is 0 Å². The molecule has 0 aromatic carbocycles. The first-order chi connectivity index (χ1) is 10.0. The number of ether oxygens (including phenoxy) is 2. The molecule has 1 aliphatic carbocycles. The summed E-state index contributed by atoms with van der Waals surface area (Å²) in [5.41, 5.74) is 0. The second-order valence-corrected chi connectivity index (χ2v) is 5.75. The molecule has 1 atom stereocenters. The number of nitrogens with one attached hydrogen (secondary N) is 1. The normalized spacial score (nSPS) is 17.9. The van der Waals surface area contributed by atoms with E-state index in [2.05, 4.69) is 10.1 Å². The predicted octanol–water partition coefficient (Wildman–Crippen LogP) is 2.21. The van der Waals surface area contributed by atoms with Gasteiger partial charge in [-0.1, -0.05) is 26.3 Å². The van der Waals surface area contributed by atoms with Gasteiger partial charge in [-0.2, -0.15) is 0 Å². The molecular weight excluding hydrogens is 270 g/mol. The summed E-state index contributed by atoms with van der Waals surface area (Å²) in [6, 6.07) is -0.353. The van der Waals surface area contributed by atoms with E-state index in [1.165, 1.54) is 19.6 Å². The summed E-state index contributed by atoms with van der Waals surface area (Å²) in [5, 5.41) is 3.12. The molecule has 0 heterocycles. The van der Waals surface area contributed by atoms with Crippen LogP contribution in [-0.2, 0) is 19.1 Å². The average molecular weight is 297 g/mol. The maximum absolute atomic E-state index is 12.2. The Bertz CT molecular complexity index is 359. The molecule has 21 heavy (non-hydrogen) atoms. The van der Waals surface area contributed by atoms with E-state index in [0.717, 1.165) is 25.7 Å². The average Bonchev–Trinajstić information content (AvgIpc) is 2.47. The summed E-state index contributed by atoms with van der Waals surface area (Å²) in [6.45, 7) is 4.38. The van der Waals surface area contributed by atoms with Crippen molar-refractivity contribution in [2.75, 3.05) is 13.7 Å². The van der Waals surface area contributed by atoms with Gasteiger partial charge in [0.25, 0.3) is 0 Å². The van der Waals surface area contributed by atoms with Gasteiger partial charge in [-0.05, 0) is 31.6 Å². The van der Waals surface area contributed by atoms with Crippen LogP contribution >= 0.6 is 0 Å². The Balaban J connectivity index is 2.42. The molecular formula is C16H27NO4. The summed E-state index contributed by atoms with van der Waals surface area (Å²) in [5.74, 6) is -0.460. The van der Waals surface area contributed by atoms with Crippen LogP contribution in [0.1, 0.15) is 46.0 Å². The zero-order valence-corrected chi connectivity index (χ0v) is 13.3. The quantitative estimate of drug-likeness (QED) is 0.576. The SMILES string of the molecule is COC(=O)C=CCN[C@H](C(=O)OC1CCCCC1)C(C)C. The molecule has 0 aromatic heterocycles. The van der Waals surface area contributed by atoms with E-state index in [9.17, 15) is 9.59 Å². The fourth-order valence-electron chi connectivity index (χ4n) is 2.43. The first-order valence-corrected chi connectivity index (χ1v) is 7.73. The first-order valence-electron chi connectivity index (χ1n) is 7.73. The molecule has 0 bridgehead atoms. The van der Waals surface area contributed by atoms with Crippen LogP contribution in [0.3, 0.4) is 0 Å². The van der Waals surface area contributed by atoms with E-state index in [1.807, 2.05) is 13.8 Å². The highest BCUT2D eigenvalue weighted by Crippen LogP contribution is 2.21. The lowest BCUT2D eigenvalue weighted by atomic mass is 9.97. The highest BCUT2D eigenvalue weighted by atomic mass is 16.5. The van der Waals surface area contributed by atoms with Crippen molar-refractivity contribution in [3.05, 3.63) is 12.2 Å². The van der Waals surface area contributed by atoms with Gasteiger partial charge < -0.3 is 14.8 Å². The van der Waals surface area contributed by atoms with Gasteiger partial charge in [0.05, 0.1) is 7.11 Å². The topological polar surface area (TPSA) is 64.6 Å². The van der Waals surface area contributed by atoms with Crippen molar-refractivity contribution in [3.63, 3.8) is 0 Å². The molecule has 0 amide bonds. The molecule has 0 unspecified atom stereocenters. The minimum Gasteiger partial charge on any atom is -0.466 e. The van der Waals surface area contributed by atoms with E-state index < -0.39 is 5.97 Å². The zero-order chi connectivity index (χ0) is 15.7. The molecule has 120 valence electrons. The van der Waals surface area contributed by atoms with E-state index in [0.29, 0.717) is 6.54 Å². The van der Waals surface area contributed by atoms with E-state index in [4.69, 9.17) is 4.74 Å². The van der Waals surface area contributed by atoms with Gasteiger partial charge in [-0.15, -0.1) is 0 Å². The molecule has 1 aliphatic rings. The van der Waals surface area contributed by atoms with Crippen LogP contribution in [0.25, 0.3) is 0 Å². The first kappa shape index (κ1) is 17.7. The maximum Gasteiger partial charge on any atom is 0.330 e. The number of carbonyl (C=O) groups excluding carboxylic acids is 2. The smallest absolute Gasteiger partial charge is 0.330 e. The van der Waals surface area contributed by atoms with Gasteiger partial charge in [-0.3, -0.25) is 4.79 Å². The van der Waals surface area contributed by atoms with Crippen molar-refractivity contribution in [2.24, 2.45) is 5.92 Å². The largest absolute Gasteiger partial charge is 0.466 e. The Kier molecular flexibility index (Phi) is 8.05. The van der Waals surface area contributed by atoms with Crippen molar-refractivity contribution in [1.82, 2.24) is 5.32 Å². The molecule has 0 saturated heterocycles. The van der Waals surface area contributed by atoms with Gasteiger partial charge in [0, 0.05) is 12.6 Å². The van der Waals surface area contributed by atoms with Crippen molar-refractivity contribution in [3.8, 4) is 0 Å². The number of carbonyl (C=O) groups is 2. The van der Waals surface area contributed by atoms with E-state index >= 15 is 0 Å². The Morgan fingerprint density at radius 2 is 1.90 bits per heavy atom. The number of hydrogen-bond acceptors (Lipinski definition) is 5. The number of hydrogen-bond donors (Lipinski definition) is 1. The fourth-order valence-corrected chi connectivity index (χ4v) is 2.43. The van der Waals surface area contributed by atoms with E-state index in [1.54, 1.807) is 6.08 Å². The van der Waals surface area contributed by atoms with Crippen molar-refractivity contribution < 1.29 is 19.1 Å². The predicted molar refractivity (Wildman–Crippen MR) is 80.7 cm³/mol. The molecule has 1 rings (SSSR count). The Morgan fingerprint density at radius 3 is 2.48 bits per heavy atom. The van der Waals surface area contributed by atoms with Crippen LogP contribution in [0.4, 0.5) is 0 Å². The summed E-state index contributed by atoms with van der Waals surface area (Å²) in [6.07, 6.45) is 8.51. The second kappa shape index (κ2) is 9.55. The van der Waals surface area contributed by atoms with Gasteiger partial charge in [0.2, 0.25) is 0 Å². The van der Waals surface area contributed by atoms with Crippen LogP contribution in [0.5, 0.6) is 0 Å². The number of methoxy groups -OCH3 is 1. The molecule has 1 N–H and O–H groups in total. The summed E-state index contributed by atoms with van der Waals surface area (Å²) in [4.78, 5) is 23.2. The Hall–Kier alpha value is -1.36.